The number of hydrogen-bond acceptors (Lipinski definition) is 5. The predicted octanol–water partition coefficient (Wildman–Crippen LogP) is 0.266. The Morgan fingerprint density at radius 1 is 1.53 bits per heavy atom. The molecule has 1 aliphatic heterocycles. The molecule has 0 aromatic heterocycles. The Hall–Kier alpha value is -0.650. The largest absolute Gasteiger partial charge is 0.469 e. The molecule has 100 valence electrons. The van der Waals surface area contributed by atoms with Crippen molar-refractivity contribution in [3.8, 4) is 0 Å². The molecule has 0 radical (unpaired) electrons. The molecular formula is C12H23NO4. The van der Waals surface area contributed by atoms with Crippen LogP contribution in [0.15, 0.2) is 0 Å². The van der Waals surface area contributed by atoms with Crippen LogP contribution in [0.4, 0.5) is 0 Å². The summed E-state index contributed by atoms with van der Waals surface area (Å²) in [6.45, 7) is 7.30. The summed E-state index contributed by atoms with van der Waals surface area (Å²) >= 11 is 0. The van der Waals surface area contributed by atoms with Crippen LogP contribution in [0.3, 0.4) is 0 Å². The van der Waals surface area contributed by atoms with Crippen molar-refractivity contribution in [3.05, 3.63) is 0 Å². The number of aliphatic hydroxyl groups is 1. The van der Waals surface area contributed by atoms with E-state index in [-0.39, 0.29) is 36.7 Å². The van der Waals surface area contributed by atoms with Crippen LogP contribution in [-0.4, -0.2) is 61.0 Å². The van der Waals surface area contributed by atoms with Crippen molar-refractivity contribution in [3.63, 3.8) is 0 Å². The first-order chi connectivity index (χ1) is 7.99. The second kappa shape index (κ2) is 6.33. The maximum absolute atomic E-state index is 11.5. The van der Waals surface area contributed by atoms with Crippen LogP contribution in [0.25, 0.3) is 0 Å². The van der Waals surface area contributed by atoms with Crippen molar-refractivity contribution in [2.75, 3.05) is 26.8 Å². The monoisotopic (exact) mass is 245 g/mol. The second-order valence-corrected chi connectivity index (χ2v) is 4.76. The highest BCUT2D eigenvalue weighted by Gasteiger charge is 2.32. The number of carbonyl (C=O) groups is 1. The number of aliphatic hydroxyl groups excluding tert-OH is 1. The standard InChI is InChI=1S/C12H23NO4/c1-8-5-13(6-11(7-14)17-8)10(3)9(2)12(15)16-4/h8-11,14H,5-7H2,1-4H3. The van der Waals surface area contributed by atoms with Crippen LogP contribution in [0.5, 0.6) is 0 Å². The van der Waals surface area contributed by atoms with E-state index >= 15 is 0 Å². The van der Waals surface area contributed by atoms with E-state index in [0.717, 1.165) is 6.54 Å². The molecule has 1 aliphatic rings. The first-order valence-corrected chi connectivity index (χ1v) is 6.07. The molecule has 1 heterocycles. The summed E-state index contributed by atoms with van der Waals surface area (Å²) < 4.78 is 10.3. The SMILES string of the molecule is COC(=O)C(C)C(C)N1CC(C)OC(CO)C1. The van der Waals surface area contributed by atoms with Crippen molar-refractivity contribution >= 4 is 5.97 Å². The Kier molecular flexibility index (Phi) is 5.36. The average molecular weight is 245 g/mol. The van der Waals surface area contributed by atoms with Gasteiger partial charge >= 0.3 is 5.97 Å². The molecule has 4 atom stereocenters. The number of ether oxygens (including phenoxy) is 2. The minimum atomic E-state index is -0.197. The van der Waals surface area contributed by atoms with Crippen molar-refractivity contribution in [2.24, 2.45) is 5.92 Å². The van der Waals surface area contributed by atoms with Gasteiger partial charge in [-0.25, -0.2) is 0 Å². The lowest BCUT2D eigenvalue weighted by molar-refractivity contribution is -0.150. The topological polar surface area (TPSA) is 59.0 Å². The molecule has 0 amide bonds. The minimum Gasteiger partial charge on any atom is -0.469 e. The van der Waals surface area contributed by atoms with Crippen LogP contribution in [0, 0.1) is 5.92 Å². The molecule has 0 spiro atoms. The van der Waals surface area contributed by atoms with Crippen LogP contribution in [0.1, 0.15) is 20.8 Å². The fourth-order valence-electron chi connectivity index (χ4n) is 2.21. The zero-order chi connectivity index (χ0) is 13.0. The number of nitrogens with zero attached hydrogens (tertiary/aromatic N) is 1. The summed E-state index contributed by atoms with van der Waals surface area (Å²) in [5.74, 6) is -0.373. The lowest BCUT2D eigenvalue weighted by Gasteiger charge is -2.40. The Morgan fingerprint density at radius 2 is 2.18 bits per heavy atom. The van der Waals surface area contributed by atoms with Crippen molar-refractivity contribution < 1.29 is 19.4 Å². The van der Waals surface area contributed by atoms with E-state index in [1.54, 1.807) is 0 Å². The summed E-state index contributed by atoms with van der Waals surface area (Å²) in [4.78, 5) is 13.7. The van der Waals surface area contributed by atoms with Gasteiger partial charge in [-0.1, -0.05) is 6.92 Å². The zero-order valence-corrected chi connectivity index (χ0v) is 11.0. The first-order valence-electron chi connectivity index (χ1n) is 6.07. The molecule has 1 saturated heterocycles. The summed E-state index contributed by atoms with van der Waals surface area (Å²) in [6, 6.07) is 0.0860. The van der Waals surface area contributed by atoms with Crippen LogP contribution >= 0.6 is 0 Å². The van der Waals surface area contributed by atoms with Gasteiger partial charge in [0, 0.05) is 19.1 Å². The third kappa shape index (κ3) is 3.66. The Balaban J connectivity index is 2.61. The van der Waals surface area contributed by atoms with Gasteiger partial charge in [0.2, 0.25) is 0 Å². The second-order valence-electron chi connectivity index (χ2n) is 4.76. The van der Waals surface area contributed by atoms with Crippen molar-refractivity contribution in [2.45, 2.75) is 39.0 Å². The highest BCUT2D eigenvalue weighted by atomic mass is 16.5. The minimum absolute atomic E-state index is 0.0141. The summed E-state index contributed by atoms with van der Waals surface area (Å²) in [6.07, 6.45) is -0.0840. The number of methoxy groups -OCH3 is 1. The van der Waals surface area contributed by atoms with Gasteiger partial charge in [-0.3, -0.25) is 9.69 Å². The van der Waals surface area contributed by atoms with E-state index in [2.05, 4.69) is 4.90 Å². The number of esters is 1. The van der Waals surface area contributed by atoms with E-state index in [1.807, 2.05) is 20.8 Å². The Labute approximate surface area is 103 Å². The number of hydrogen-bond donors (Lipinski definition) is 1. The predicted molar refractivity (Wildman–Crippen MR) is 63.6 cm³/mol. The Morgan fingerprint density at radius 3 is 2.71 bits per heavy atom. The van der Waals surface area contributed by atoms with Crippen LogP contribution in [-0.2, 0) is 14.3 Å². The van der Waals surface area contributed by atoms with Crippen molar-refractivity contribution in [1.82, 2.24) is 4.90 Å². The van der Waals surface area contributed by atoms with Gasteiger partial charge in [0.05, 0.1) is 31.8 Å². The third-order valence-corrected chi connectivity index (χ3v) is 3.43. The van der Waals surface area contributed by atoms with Gasteiger partial charge < -0.3 is 14.6 Å². The zero-order valence-electron chi connectivity index (χ0n) is 11.0. The van der Waals surface area contributed by atoms with E-state index < -0.39 is 0 Å². The van der Waals surface area contributed by atoms with Gasteiger partial charge in [-0.05, 0) is 13.8 Å². The fraction of sp³-hybridized carbons (Fsp3) is 0.917. The van der Waals surface area contributed by atoms with Gasteiger partial charge in [-0.2, -0.15) is 0 Å². The number of rotatable bonds is 4. The summed E-state index contributed by atoms with van der Waals surface area (Å²) in [5.41, 5.74) is 0. The molecule has 5 heteroatoms. The van der Waals surface area contributed by atoms with Crippen LogP contribution < -0.4 is 0 Å². The molecule has 0 aliphatic carbocycles. The van der Waals surface area contributed by atoms with E-state index in [9.17, 15) is 4.79 Å². The highest BCUT2D eigenvalue weighted by molar-refractivity contribution is 5.72. The Bertz CT molecular complexity index is 259. The van der Waals surface area contributed by atoms with E-state index in [0.29, 0.717) is 6.54 Å². The smallest absolute Gasteiger partial charge is 0.309 e. The molecule has 17 heavy (non-hydrogen) atoms. The molecule has 0 bridgehead atoms. The van der Waals surface area contributed by atoms with E-state index in [1.165, 1.54) is 7.11 Å². The van der Waals surface area contributed by atoms with Crippen molar-refractivity contribution in [1.29, 1.82) is 0 Å². The molecule has 4 unspecified atom stereocenters. The summed E-state index contributed by atoms with van der Waals surface area (Å²) in [5, 5.41) is 9.16. The maximum atomic E-state index is 11.5. The molecule has 1 rings (SSSR count). The highest BCUT2D eigenvalue weighted by Crippen LogP contribution is 2.19. The van der Waals surface area contributed by atoms with E-state index in [4.69, 9.17) is 14.6 Å². The lowest BCUT2D eigenvalue weighted by Crippen LogP contribution is -2.53. The quantitative estimate of drug-likeness (QED) is 0.720. The fourth-order valence-corrected chi connectivity index (χ4v) is 2.21. The molecule has 1 fully saturated rings. The normalized spacial score (nSPS) is 29.7. The van der Waals surface area contributed by atoms with Gasteiger partial charge in [0.15, 0.2) is 0 Å². The molecular weight excluding hydrogens is 222 g/mol. The van der Waals surface area contributed by atoms with Gasteiger partial charge in [0.25, 0.3) is 0 Å². The first kappa shape index (κ1) is 14.4. The number of carbonyl (C=O) groups excluding carboxylic acids is 1. The van der Waals surface area contributed by atoms with Crippen LogP contribution in [0.2, 0.25) is 0 Å². The molecule has 1 N–H and O–H groups in total. The molecule has 0 aromatic rings. The molecule has 0 saturated carbocycles. The lowest BCUT2D eigenvalue weighted by atomic mass is 10.0. The molecule has 5 nitrogen and oxygen atoms in total. The molecule has 0 aromatic carbocycles. The maximum Gasteiger partial charge on any atom is 0.309 e. The van der Waals surface area contributed by atoms with Gasteiger partial charge in [0.1, 0.15) is 0 Å². The summed E-state index contributed by atoms with van der Waals surface area (Å²) in [7, 11) is 1.41. The number of morpholine rings is 1. The average Bonchev–Trinajstić information content (AvgIpc) is 2.35. The third-order valence-electron chi connectivity index (χ3n) is 3.43. The van der Waals surface area contributed by atoms with Gasteiger partial charge in [-0.15, -0.1) is 0 Å².